The Morgan fingerprint density at radius 1 is 1.33 bits per heavy atom. The van der Waals surface area contributed by atoms with Gasteiger partial charge in [-0.2, -0.15) is 11.8 Å². The number of esters is 1. The zero-order valence-corrected chi connectivity index (χ0v) is 17.6. The van der Waals surface area contributed by atoms with Gasteiger partial charge >= 0.3 is 5.97 Å². The monoisotopic (exact) mass is 386 g/mol. The average molecular weight is 387 g/mol. The summed E-state index contributed by atoms with van der Waals surface area (Å²) in [5.74, 6) is 1.86. The molecule has 2 aromatic rings. The van der Waals surface area contributed by atoms with Gasteiger partial charge in [0, 0.05) is 42.5 Å². The highest BCUT2D eigenvalue weighted by Gasteiger charge is 2.50. The number of hydrogen-bond acceptors (Lipinski definition) is 4. The zero-order chi connectivity index (χ0) is 19.1. The molecular weight excluding hydrogens is 356 g/mol. The molecule has 5 heteroatoms. The first-order valence-electron chi connectivity index (χ1n) is 10.00. The van der Waals surface area contributed by atoms with E-state index in [4.69, 9.17) is 4.74 Å². The summed E-state index contributed by atoms with van der Waals surface area (Å²) >= 11 is 1.91. The number of benzene rings is 1. The Kier molecular flexibility index (Phi) is 5.26. The summed E-state index contributed by atoms with van der Waals surface area (Å²) in [5.41, 5.74) is 3.79. The number of thioether (sulfide) groups is 1. The normalized spacial score (nSPS) is 27.6. The van der Waals surface area contributed by atoms with Crippen LogP contribution in [0.25, 0.3) is 10.9 Å². The highest BCUT2D eigenvalue weighted by atomic mass is 32.2. The largest absolute Gasteiger partial charge is 0.469 e. The van der Waals surface area contributed by atoms with Crippen molar-refractivity contribution < 1.29 is 9.53 Å². The lowest BCUT2D eigenvalue weighted by atomic mass is 9.65. The SMILES string of the molecule is CC[C@@H]1CN(CCSC)[C@H]2C[C@@H]1[C@H](C(=O)OC)c1c2n(C)c2ccccc12. The Bertz CT molecular complexity index is 846. The van der Waals surface area contributed by atoms with Gasteiger partial charge in [0.05, 0.1) is 19.1 Å². The zero-order valence-electron chi connectivity index (χ0n) is 16.8. The van der Waals surface area contributed by atoms with Crippen molar-refractivity contribution in [3.63, 3.8) is 0 Å². The predicted octanol–water partition coefficient (Wildman–Crippen LogP) is 4.20. The van der Waals surface area contributed by atoms with E-state index in [1.807, 2.05) is 11.8 Å². The van der Waals surface area contributed by atoms with Crippen molar-refractivity contribution in [1.82, 2.24) is 9.47 Å². The van der Waals surface area contributed by atoms with E-state index >= 15 is 0 Å². The summed E-state index contributed by atoms with van der Waals surface area (Å²) in [6.07, 6.45) is 4.35. The van der Waals surface area contributed by atoms with Crippen LogP contribution in [0.3, 0.4) is 0 Å². The second-order valence-electron chi connectivity index (χ2n) is 7.95. The van der Waals surface area contributed by atoms with Gasteiger partial charge in [-0.25, -0.2) is 0 Å². The molecule has 27 heavy (non-hydrogen) atoms. The number of carbonyl (C=O) groups excluding carboxylic acids is 1. The number of nitrogens with zero attached hydrogens (tertiary/aromatic N) is 2. The quantitative estimate of drug-likeness (QED) is 0.722. The van der Waals surface area contributed by atoms with E-state index in [-0.39, 0.29) is 11.9 Å². The van der Waals surface area contributed by atoms with Gasteiger partial charge in [-0.05, 0) is 36.1 Å². The topological polar surface area (TPSA) is 34.5 Å². The summed E-state index contributed by atoms with van der Waals surface area (Å²) in [7, 11) is 3.70. The van der Waals surface area contributed by atoms with Crippen molar-refractivity contribution in [2.45, 2.75) is 31.7 Å². The number of hydrogen-bond donors (Lipinski definition) is 0. The van der Waals surface area contributed by atoms with Gasteiger partial charge in [-0.3, -0.25) is 9.69 Å². The maximum absolute atomic E-state index is 12.9. The van der Waals surface area contributed by atoms with Crippen molar-refractivity contribution in [3.05, 3.63) is 35.5 Å². The van der Waals surface area contributed by atoms with Crippen LogP contribution in [0.15, 0.2) is 24.3 Å². The summed E-state index contributed by atoms with van der Waals surface area (Å²) in [6.45, 7) is 4.46. The van der Waals surface area contributed by atoms with Crippen LogP contribution in [0.1, 0.15) is 43.0 Å². The molecule has 0 N–H and O–H groups in total. The predicted molar refractivity (Wildman–Crippen MR) is 112 cm³/mol. The van der Waals surface area contributed by atoms with E-state index in [2.05, 4.69) is 54.0 Å². The minimum atomic E-state index is -0.139. The Labute approximate surface area is 166 Å². The molecule has 1 fully saturated rings. The number of likely N-dealkylation sites (tertiary alicyclic amines) is 1. The number of carbonyl (C=O) groups is 1. The van der Waals surface area contributed by atoms with Crippen molar-refractivity contribution in [1.29, 1.82) is 0 Å². The maximum Gasteiger partial charge on any atom is 0.313 e. The molecule has 1 aromatic heterocycles. The van der Waals surface area contributed by atoms with Gasteiger partial charge in [0.1, 0.15) is 0 Å². The highest BCUT2D eigenvalue weighted by Crippen LogP contribution is 2.54. The Morgan fingerprint density at radius 2 is 2.11 bits per heavy atom. The molecule has 1 saturated heterocycles. The fraction of sp³-hybridized carbons (Fsp3) is 0.591. The molecule has 2 aliphatic rings. The van der Waals surface area contributed by atoms with Crippen LogP contribution in [0, 0.1) is 11.8 Å². The summed E-state index contributed by atoms with van der Waals surface area (Å²) in [5, 5.41) is 1.22. The third kappa shape index (κ3) is 2.90. The van der Waals surface area contributed by atoms with Gasteiger partial charge < -0.3 is 9.30 Å². The average Bonchev–Trinajstić information content (AvgIpc) is 3.00. The minimum absolute atomic E-state index is 0.0629. The van der Waals surface area contributed by atoms with E-state index < -0.39 is 0 Å². The Balaban J connectivity index is 1.93. The van der Waals surface area contributed by atoms with Crippen LogP contribution in [-0.2, 0) is 16.6 Å². The number of para-hydroxylation sites is 1. The lowest BCUT2D eigenvalue weighted by Crippen LogP contribution is -2.49. The van der Waals surface area contributed by atoms with E-state index in [1.54, 1.807) is 0 Å². The summed E-state index contributed by atoms with van der Waals surface area (Å²) in [4.78, 5) is 15.6. The van der Waals surface area contributed by atoms with Crippen LogP contribution in [-0.4, -0.2) is 47.6 Å². The number of aryl methyl sites for hydroxylation is 1. The molecule has 146 valence electrons. The Hall–Kier alpha value is -1.46. The second kappa shape index (κ2) is 7.51. The van der Waals surface area contributed by atoms with E-state index in [0.29, 0.717) is 17.9 Å². The number of rotatable bonds is 5. The van der Waals surface area contributed by atoms with Crippen molar-refractivity contribution in [2.75, 3.05) is 32.2 Å². The summed E-state index contributed by atoms with van der Waals surface area (Å²) < 4.78 is 7.65. The first-order chi connectivity index (χ1) is 13.1. The van der Waals surface area contributed by atoms with Crippen molar-refractivity contribution in [3.8, 4) is 0 Å². The lowest BCUT2D eigenvalue weighted by Gasteiger charge is -2.50. The van der Waals surface area contributed by atoms with E-state index in [1.165, 1.54) is 29.3 Å². The first-order valence-corrected chi connectivity index (χ1v) is 11.4. The molecule has 4 nitrogen and oxygen atoms in total. The molecule has 1 aliphatic carbocycles. The van der Waals surface area contributed by atoms with Crippen LogP contribution in [0.4, 0.5) is 0 Å². The van der Waals surface area contributed by atoms with Crippen LogP contribution >= 0.6 is 11.8 Å². The molecule has 4 rings (SSSR count). The molecule has 0 radical (unpaired) electrons. The molecule has 1 aromatic carbocycles. The third-order valence-electron chi connectivity index (χ3n) is 6.82. The van der Waals surface area contributed by atoms with Gasteiger partial charge in [-0.1, -0.05) is 31.5 Å². The van der Waals surface area contributed by atoms with Gasteiger partial charge in [0.25, 0.3) is 0 Å². The standard InChI is InChI=1S/C22H30N2O2S/c1-5-14-13-24(10-11-27-4)18-12-16(14)20(22(25)26-3)19-15-8-6-7-9-17(15)23(2)21(18)19/h6-9,14,16,18,20H,5,10-13H2,1-4H3/t14-,16+,18+,20+/m1/s1. The fourth-order valence-corrected chi connectivity index (χ4v) is 5.97. The maximum atomic E-state index is 12.9. The molecular formula is C22H30N2O2S. The van der Waals surface area contributed by atoms with Gasteiger partial charge in [0.2, 0.25) is 0 Å². The molecule has 0 unspecified atom stereocenters. The summed E-state index contributed by atoms with van der Waals surface area (Å²) in [6, 6.07) is 8.93. The Morgan fingerprint density at radius 3 is 2.81 bits per heavy atom. The fourth-order valence-electron chi connectivity index (χ4n) is 5.55. The highest BCUT2D eigenvalue weighted by molar-refractivity contribution is 7.98. The van der Waals surface area contributed by atoms with Crippen molar-refractivity contribution in [2.24, 2.45) is 18.9 Å². The molecule has 0 amide bonds. The number of methoxy groups -OCH3 is 1. The molecule has 4 atom stereocenters. The number of ether oxygens (including phenoxy) is 1. The van der Waals surface area contributed by atoms with Gasteiger partial charge in [-0.15, -0.1) is 0 Å². The van der Waals surface area contributed by atoms with E-state index in [9.17, 15) is 4.79 Å². The number of aromatic nitrogens is 1. The van der Waals surface area contributed by atoms with Crippen LogP contribution in [0.5, 0.6) is 0 Å². The first kappa shape index (κ1) is 18.9. The second-order valence-corrected chi connectivity index (χ2v) is 8.93. The molecule has 2 heterocycles. The minimum Gasteiger partial charge on any atom is -0.469 e. The van der Waals surface area contributed by atoms with Crippen LogP contribution in [0.2, 0.25) is 0 Å². The van der Waals surface area contributed by atoms with Crippen LogP contribution < -0.4 is 0 Å². The number of piperidine rings is 1. The van der Waals surface area contributed by atoms with Crippen molar-refractivity contribution >= 4 is 28.6 Å². The third-order valence-corrected chi connectivity index (χ3v) is 7.41. The smallest absolute Gasteiger partial charge is 0.313 e. The lowest BCUT2D eigenvalue weighted by molar-refractivity contribution is -0.146. The van der Waals surface area contributed by atoms with E-state index in [0.717, 1.165) is 31.7 Å². The van der Waals surface area contributed by atoms with Gasteiger partial charge in [0.15, 0.2) is 0 Å². The molecule has 2 bridgehead atoms. The molecule has 1 aliphatic heterocycles. The number of fused-ring (bicyclic) bond motifs is 6. The molecule has 0 spiro atoms. The molecule has 0 saturated carbocycles.